The topological polar surface area (TPSA) is 80.7 Å². The molecule has 0 unspecified atom stereocenters. The van der Waals surface area contributed by atoms with Crippen LogP contribution in [0.5, 0.6) is 17.2 Å². The molecule has 1 aromatic rings. The van der Waals surface area contributed by atoms with Crippen LogP contribution in [0.1, 0.15) is 23.2 Å². The van der Waals surface area contributed by atoms with Crippen molar-refractivity contribution in [1.29, 1.82) is 0 Å². The van der Waals surface area contributed by atoms with E-state index in [9.17, 15) is 4.79 Å². The van der Waals surface area contributed by atoms with Crippen LogP contribution in [0.25, 0.3) is 0 Å². The molecule has 0 saturated carbocycles. The normalized spacial score (nSPS) is 11.0. The van der Waals surface area contributed by atoms with Crippen LogP contribution in [0, 0.1) is 0 Å². The third-order valence-corrected chi connectivity index (χ3v) is 4.38. The van der Waals surface area contributed by atoms with Gasteiger partial charge in [0, 0.05) is 32.8 Å². The molecule has 8 nitrogen and oxygen atoms in total. The summed E-state index contributed by atoms with van der Waals surface area (Å²) in [5, 5.41) is 8.85. The van der Waals surface area contributed by atoms with E-state index in [4.69, 9.17) is 24.1 Å². The Hall–Kier alpha value is -2.03. The molecule has 0 aromatic heterocycles. The first-order valence-corrected chi connectivity index (χ1v) is 9.41. The van der Waals surface area contributed by atoms with Crippen molar-refractivity contribution >= 4 is 5.97 Å². The van der Waals surface area contributed by atoms with Crippen molar-refractivity contribution in [3.05, 3.63) is 17.7 Å². The van der Waals surface area contributed by atoms with Crippen molar-refractivity contribution < 1.29 is 28.8 Å². The van der Waals surface area contributed by atoms with Crippen molar-refractivity contribution in [2.24, 2.45) is 0 Å². The van der Waals surface area contributed by atoms with Crippen molar-refractivity contribution in [3.8, 4) is 17.2 Å². The number of rotatable bonds is 14. The highest BCUT2D eigenvalue weighted by Gasteiger charge is 2.17. The van der Waals surface area contributed by atoms with E-state index in [0.717, 1.165) is 39.0 Å². The number of carbonyl (C=O) groups excluding carboxylic acids is 1. The van der Waals surface area contributed by atoms with Crippen LogP contribution in [0.4, 0.5) is 0 Å². The lowest BCUT2D eigenvalue weighted by Gasteiger charge is -2.21. The Morgan fingerprint density at radius 3 is 1.89 bits per heavy atom. The van der Waals surface area contributed by atoms with Crippen LogP contribution < -0.4 is 14.2 Å². The molecule has 0 saturated heterocycles. The molecule has 8 heteroatoms. The molecule has 0 fully saturated rings. The summed E-state index contributed by atoms with van der Waals surface area (Å²) in [6.45, 7) is 4.12. The minimum Gasteiger partial charge on any atom is -0.493 e. The first-order chi connectivity index (χ1) is 13.5. The zero-order valence-electron chi connectivity index (χ0n) is 17.7. The molecule has 0 atom stereocenters. The molecule has 0 bridgehead atoms. The lowest BCUT2D eigenvalue weighted by Crippen LogP contribution is -2.32. The number of methoxy groups -OCH3 is 3. The van der Waals surface area contributed by atoms with Crippen molar-refractivity contribution in [1.82, 2.24) is 9.80 Å². The van der Waals surface area contributed by atoms with Gasteiger partial charge in [0.1, 0.15) is 0 Å². The Bertz CT molecular complexity index is 571. The molecule has 0 heterocycles. The summed E-state index contributed by atoms with van der Waals surface area (Å²) in [7, 11) is 8.61. The third kappa shape index (κ3) is 7.92. The summed E-state index contributed by atoms with van der Waals surface area (Å²) >= 11 is 0. The number of hydrogen-bond donors (Lipinski definition) is 1. The third-order valence-electron chi connectivity index (χ3n) is 4.38. The zero-order chi connectivity index (χ0) is 20.9. The van der Waals surface area contributed by atoms with Gasteiger partial charge >= 0.3 is 5.97 Å². The summed E-state index contributed by atoms with van der Waals surface area (Å²) in [5.74, 6) is 0.843. The van der Waals surface area contributed by atoms with Crippen LogP contribution in [0.15, 0.2) is 12.1 Å². The Kier molecular flexibility index (Phi) is 11.3. The van der Waals surface area contributed by atoms with Gasteiger partial charge in [-0.05, 0) is 39.1 Å². The molecule has 1 rings (SSSR count). The SMILES string of the molecule is COc1cc(C(=O)OCCCN(C)CCN(C)CCCO)cc(OC)c1OC. The molecule has 160 valence electrons. The fraction of sp³-hybridized carbons (Fsp3) is 0.650. The number of likely N-dealkylation sites (N-methyl/N-ethyl adjacent to an activating group) is 2. The highest BCUT2D eigenvalue weighted by atomic mass is 16.5. The number of carbonyl (C=O) groups is 1. The van der Waals surface area contributed by atoms with Gasteiger partial charge in [0.25, 0.3) is 0 Å². The minimum atomic E-state index is -0.425. The van der Waals surface area contributed by atoms with Crippen molar-refractivity contribution in [2.75, 3.05) is 74.8 Å². The molecule has 28 heavy (non-hydrogen) atoms. The maximum absolute atomic E-state index is 12.3. The minimum absolute atomic E-state index is 0.220. The van der Waals surface area contributed by atoms with Crippen LogP contribution in [-0.4, -0.2) is 95.7 Å². The van der Waals surface area contributed by atoms with E-state index >= 15 is 0 Å². The molecular weight excluding hydrogens is 364 g/mol. The number of ether oxygens (including phenoxy) is 4. The fourth-order valence-electron chi connectivity index (χ4n) is 2.69. The number of nitrogens with zero attached hydrogens (tertiary/aromatic N) is 2. The molecule has 1 aromatic carbocycles. The second-order valence-corrected chi connectivity index (χ2v) is 6.59. The average Bonchev–Trinajstić information content (AvgIpc) is 2.72. The standard InChI is InChI=1S/C20H34N2O6/c1-21(8-6-12-23)10-11-22(2)9-7-13-28-20(24)16-14-17(25-3)19(27-5)18(15-16)26-4/h14-15,23H,6-13H2,1-5H3. The highest BCUT2D eigenvalue weighted by Crippen LogP contribution is 2.38. The predicted octanol–water partition coefficient (Wildman–Crippen LogP) is 1.51. The van der Waals surface area contributed by atoms with E-state index in [1.165, 1.54) is 21.3 Å². The second-order valence-electron chi connectivity index (χ2n) is 6.59. The smallest absolute Gasteiger partial charge is 0.338 e. The summed E-state index contributed by atoms with van der Waals surface area (Å²) in [5.41, 5.74) is 0.355. The van der Waals surface area contributed by atoms with E-state index in [1.807, 2.05) is 14.1 Å². The Labute approximate surface area is 167 Å². The van der Waals surface area contributed by atoms with Gasteiger partial charge in [-0.15, -0.1) is 0 Å². The van der Waals surface area contributed by atoms with Gasteiger partial charge in [-0.1, -0.05) is 0 Å². The molecule has 1 N–H and O–H groups in total. The molecule has 0 amide bonds. The monoisotopic (exact) mass is 398 g/mol. The van der Waals surface area contributed by atoms with E-state index in [0.29, 0.717) is 29.4 Å². The second kappa shape index (κ2) is 13.2. The molecule has 0 aliphatic rings. The van der Waals surface area contributed by atoms with E-state index < -0.39 is 5.97 Å². The number of aliphatic hydroxyl groups excluding tert-OH is 1. The number of benzene rings is 1. The van der Waals surface area contributed by atoms with Crippen LogP contribution in [0.3, 0.4) is 0 Å². The van der Waals surface area contributed by atoms with E-state index in [1.54, 1.807) is 12.1 Å². The van der Waals surface area contributed by atoms with Gasteiger partial charge in [-0.3, -0.25) is 0 Å². The summed E-state index contributed by atoms with van der Waals surface area (Å²) < 4.78 is 21.1. The Morgan fingerprint density at radius 1 is 0.893 bits per heavy atom. The summed E-state index contributed by atoms with van der Waals surface area (Å²) in [6, 6.07) is 3.16. The van der Waals surface area contributed by atoms with Crippen LogP contribution in [-0.2, 0) is 4.74 Å². The number of hydrogen-bond acceptors (Lipinski definition) is 8. The summed E-state index contributed by atoms with van der Waals surface area (Å²) in [4.78, 5) is 16.7. The van der Waals surface area contributed by atoms with Crippen molar-refractivity contribution in [3.63, 3.8) is 0 Å². The maximum Gasteiger partial charge on any atom is 0.338 e. The Morgan fingerprint density at radius 2 is 1.43 bits per heavy atom. The van der Waals surface area contributed by atoms with Gasteiger partial charge in [-0.25, -0.2) is 4.79 Å². The highest BCUT2D eigenvalue weighted by molar-refractivity contribution is 5.91. The number of aliphatic hydroxyl groups is 1. The molecule has 0 aliphatic heterocycles. The average molecular weight is 399 g/mol. The van der Waals surface area contributed by atoms with Crippen LogP contribution in [0.2, 0.25) is 0 Å². The molecule has 0 spiro atoms. The quantitative estimate of drug-likeness (QED) is 0.373. The maximum atomic E-state index is 12.3. The lowest BCUT2D eigenvalue weighted by atomic mass is 10.2. The van der Waals surface area contributed by atoms with Gasteiger partial charge in [0.2, 0.25) is 5.75 Å². The van der Waals surface area contributed by atoms with Crippen molar-refractivity contribution in [2.45, 2.75) is 12.8 Å². The number of esters is 1. The molecule has 0 radical (unpaired) electrons. The molecule has 0 aliphatic carbocycles. The largest absolute Gasteiger partial charge is 0.493 e. The fourth-order valence-corrected chi connectivity index (χ4v) is 2.69. The first kappa shape index (κ1) is 24.0. The van der Waals surface area contributed by atoms with E-state index in [2.05, 4.69) is 9.80 Å². The van der Waals surface area contributed by atoms with Crippen LogP contribution >= 0.6 is 0 Å². The van der Waals surface area contributed by atoms with Gasteiger partial charge < -0.3 is 33.9 Å². The zero-order valence-corrected chi connectivity index (χ0v) is 17.7. The molecular formula is C20H34N2O6. The van der Waals surface area contributed by atoms with Gasteiger partial charge in [-0.2, -0.15) is 0 Å². The van der Waals surface area contributed by atoms with Gasteiger partial charge in [0.05, 0.1) is 33.5 Å². The van der Waals surface area contributed by atoms with Gasteiger partial charge in [0.15, 0.2) is 11.5 Å². The summed E-state index contributed by atoms with van der Waals surface area (Å²) in [6.07, 6.45) is 1.53. The van der Waals surface area contributed by atoms with E-state index in [-0.39, 0.29) is 6.61 Å². The Balaban J connectivity index is 2.42. The lowest BCUT2D eigenvalue weighted by molar-refractivity contribution is 0.0489. The first-order valence-electron chi connectivity index (χ1n) is 9.41. The predicted molar refractivity (Wildman–Crippen MR) is 108 cm³/mol.